The molecule has 1 amide bonds. The largest absolute Gasteiger partial charge is 0.369 e. The first-order valence-electron chi connectivity index (χ1n) is 11.6. The number of likely N-dealkylation sites (tertiary alicyclic amines) is 2. The monoisotopic (exact) mass is 504 g/mol. The molecule has 2 N–H and O–H groups in total. The zero-order valence-electron chi connectivity index (χ0n) is 19.0. The number of likely N-dealkylation sites (N-methyl/N-ethyl adjacent to an activating group) is 1. The van der Waals surface area contributed by atoms with Crippen LogP contribution in [0.3, 0.4) is 0 Å². The van der Waals surface area contributed by atoms with Gasteiger partial charge in [-0.05, 0) is 55.1 Å². The topological polar surface area (TPSA) is 91.2 Å². The standard InChI is InChI=1S/C22H33BrN8O/c1-3-29-12-8-17(14-29)31-15-19(16(2)28-31)26-22-25-13-18(23)21(27-22)24-9-6-11-30-10-5-4-7-20(30)32/h13,15,17H,3-12,14H2,1-2H3,(H2,24,25,26,27)/t17-/m0/s1. The molecule has 2 aromatic heterocycles. The Morgan fingerprint density at radius 3 is 2.94 bits per heavy atom. The van der Waals surface area contributed by atoms with Crippen LogP contribution in [0.25, 0.3) is 0 Å². The number of amides is 1. The van der Waals surface area contributed by atoms with Crippen molar-refractivity contribution in [2.45, 2.75) is 52.0 Å². The Labute approximate surface area is 198 Å². The zero-order valence-corrected chi connectivity index (χ0v) is 20.6. The zero-order chi connectivity index (χ0) is 22.5. The number of nitrogens with zero attached hydrogens (tertiary/aromatic N) is 6. The average Bonchev–Trinajstić information content (AvgIpc) is 3.41. The van der Waals surface area contributed by atoms with Crippen molar-refractivity contribution in [3.63, 3.8) is 0 Å². The normalized spacial score (nSPS) is 19.5. The number of rotatable bonds is 9. The van der Waals surface area contributed by atoms with Crippen LogP contribution in [-0.2, 0) is 4.79 Å². The van der Waals surface area contributed by atoms with E-state index in [1.807, 2.05) is 11.8 Å². The lowest BCUT2D eigenvalue weighted by Crippen LogP contribution is -2.36. The maximum Gasteiger partial charge on any atom is 0.229 e. The number of hydrogen-bond donors (Lipinski definition) is 2. The molecule has 2 aromatic rings. The van der Waals surface area contributed by atoms with Crippen molar-refractivity contribution in [2.24, 2.45) is 0 Å². The quantitative estimate of drug-likeness (QED) is 0.504. The second-order valence-electron chi connectivity index (χ2n) is 8.58. The van der Waals surface area contributed by atoms with Gasteiger partial charge in [0.05, 0.1) is 21.9 Å². The summed E-state index contributed by atoms with van der Waals surface area (Å²) in [4.78, 5) is 25.4. The Hall–Kier alpha value is -2.20. The van der Waals surface area contributed by atoms with Crippen LogP contribution in [0.15, 0.2) is 16.9 Å². The fourth-order valence-electron chi connectivity index (χ4n) is 4.35. The van der Waals surface area contributed by atoms with Crippen molar-refractivity contribution in [3.8, 4) is 0 Å². The SMILES string of the molecule is CCN1CC[C@H](n2cc(Nc3ncc(Br)c(NCCCN4CCCCC4=O)n3)c(C)n2)C1. The summed E-state index contributed by atoms with van der Waals surface area (Å²) in [5, 5.41) is 11.4. The first-order chi connectivity index (χ1) is 15.5. The maximum absolute atomic E-state index is 11.9. The first kappa shape index (κ1) is 23.0. The summed E-state index contributed by atoms with van der Waals surface area (Å²) in [5.41, 5.74) is 1.86. The summed E-state index contributed by atoms with van der Waals surface area (Å²) in [6.45, 7) is 9.87. The van der Waals surface area contributed by atoms with Gasteiger partial charge in [-0.25, -0.2) is 4.98 Å². The molecule has 0 aromatic carbocycles. The van der Waals surface area contributed by atoms with E-state index in [4.69, 9.17) is 5.10 Å². The highest BCUT2D eigenvalue weighted by Crippen LogP contribution is 2.26. The molecule has 2 fully saturated rings. The number of piperidine rings is 1. The van der Waals surface area contributed by atoms with E-state index in [0.717, 1.165) is 86.6 Å². The van der Waals surface area contributed by atoms with Crippen LogP contribution in [-0.4, -0.2) is 74.7 Å². The molecule has 2 saturated heterocycles. The lowest BCUT2D eigenvalue weighted by molar-refractivity contribution is -0.133. The minimum Gasteiger partial charge on any atom is -0.369 e. The van der Waals surface area contributed by atoms with Gasteiger partial charge in [-0.15, -0.1) is 0 Å². The van der Waals surface area contributed by atoms with Gasteiger partial charge >= 0.3 is 0 Å². The van der Waals surface area contributed by atoms with Crippen molar-refractivity contribution in [3.05, 3.63) is 22.6 Å². The number of hydrogen-bond acceptors (Lipinski definition) is 7. The van der Waals surface area contributed by atoms with Crippen molar-refractivity contribution in [2.75, 3.05) is 49.9 Å². The summed E-state index contributed by atoms with van der Waals surface area (Å²) < 4.78 is 2.89. The van der Waals surface area contributed by atoms with E-state index in [0.29, 0.717) is 18.4 Å². The average molecular weight is 505 g/mol. The third-order valence-electron chi connectivity index (χ3n) is 6.29. The Kier molecular flexibility index (Phi) is 7.62. The number of anilines is 3. The summed E-state index contributed by atoms with van der Waals surface area (Å²) in [7, 11) is 0. The molecule has 10 heteroatoms. The fraction of sp³-hybridized carbons (Fsp3) is 0.636. The van der Waals surface area contributed by atoms with E-state index >= 15 is 0 Å². The molecule has 174 valence electrons. The van der Waals surface area contributed by atoms with Crippen LogP contribution in [0.4, 0.5) is 17.5 Å². The van der Waals surface area contributed by atoms with E-state index in [-0.39, 0.29) is 5.91 Å². The van der Waals surface area contributed by atoms with Crippen LogP contribution in [0.1, 0.15) is 50.8 Å². The Morgan fingerprint density at radius 2 is 2.16 bits per heavy atom. The van der Waals surface area contributed by atoms with Crippen LogP contribution >= 0.6 is 15.9 Å². The van der Waals surface area contributed by atoms with Crippen molar-refractivity contribution < 1.29 is 4.79 Å². The molecule has 1 atom stereocenters. The Balaban J connectivity index is 1.33. The van der Waals surface area contributed by atoms with Crippen molar-refractivity contribution in [1.82, 2.24) is 29.5 Å². The number of aromatic nitrogens is 4. The summed E-state index contributed by atoms with van der Waals surface area (Å²) in [6, 6.07) is 0.416. The minimum atomic E-state index is 0.280. The Bertz CT molecular complexity index is 933. The molecule has 32 heavy (non-hydrogen) atoms. The van der Waals surface area contributed by atoms with E-state index < -0.39 is 0 Å². The van der Waals surface area contributed by atoms with Gasteiger partial charge in [-0.3, -0.25) is 9.48 Å². The highest BCUT2D eigenvalue weighted by atomic mass is 79.9. The molecule has 9 nitrogen and oxygen atoms in total. The number of aryl methyl sites for hydroxylation is 1. The third-order valence-corrected chi connectivity index (χ3v) is 6.87. The van der Waals surface area contributed by atoms with Crippen LogP contribution < -0.4 is 10.6 Å². The van der Waals surface area contributed by atoms with Gasteiger partial charge in [0.25, 0.3) is 0 Å². The van der Waals surface area contributed by atoms with Gasteiger partial charge in [0.15, 0.2) is 0 Å². The highest BCUT2D eigenvalue weighted by molar-refractivity contribution is 9.10. The summed E-state index contributed by atoms with van der Waals surface area (Å²) >= 11 is 3.53. The van der Waals surface area contributed by atoms with Gasteiger partial charge in [0, 0.05) is 51.5 Å². The van der Waals surface area contributed by atoms with E-state index in [1.54, 1.807) is 6.20 Å². The molecule has 0 radical (unpaired) electrons. The number of nitrogens with one attached hydrogen (secondary N) is 2. The van der Waals surface area contributed by atoms with E-state index in [2.05, 4.69) is 59.2 Å². The van der Waals surface area contributed by atoms with Gasteiger partial charge in [0.1, 0.15) is 5.82 Å². The predicted molar refractivity (Wildman–Crippen MR) is 129 cm³/mol. The molecule has 0 aliphatic carbocycles. The second-order valence-corrected chi connectivity index (χ2v) is 9.43. The summed E-state index contributed by atoms with van der Waals surface area (Å²) in [5.74, 6) is 1.56. The lowest BCUT2D eigenvalue weighted by Gasteiger charge is -2.26. The van der Waals surface area contributed by atoms with Gasteiger partial charge < -0.3 is 20.4 Å². The van der Waals surface area contributed by atoms with E-state index in [9.17, 15) is 4.79 Å². The highest BCUT2D eigenvalue weighted by Gasteiger charge is 2.24. The van der Waals surface area contributed by atoms with Crippen molar-refractivity contribution >= 4 is 39.3 Å². The fourth-order valence-corrected chi connectivity index (χ4v) is 4.68. The predicted octanol–water partition coefficient (Wildman–Crippen LogP) is 3.57. The molecule has 0 unspecified atom stereocenters. The van der Waals surface area contributed by atoms with E-state index in [1.165, 1.54) is 0 Å². The molecular weight excluding hydrogens is 472 g/mol. The first-order valence-corrected chi connectivity index (χ1v) is 12.4. The molecule has 0 saturated carbocycles. The smallest absolute Gasteiger partial charge is 0.229 e. The lowest BCUT2D eigenvalue weighted by atomic mass is 10.1. The Morgan fingerprint density at radius 1 is 1.28 bits per heavy atom. The van der Waals surface area contributed by atoms with Gasteiger partial charge in [0.2, 0.25) is 11.9 Å². The number of carbonyl (C=O) groups is 1. The number of carbonyl (C=O) groups excluding carboxylic acids is 1. The number of halogens is 1. The van der Waals surface area contributed by atoms with Gasteiger partial charge in [-0.2, -0.15) is 10.1 Å². The molecule has 4 rings (SSSR count). The molecule has 0 bridgehead atoms. The second kappa shape index (κ2) is 10.6. The maximum atomic E-state index is 11.9. The molecule has 0 spiro atoms. The van der Waals surface area contributed by atoms with Crippen LogP contribution in [0, 0.1) is 6.92 Å². The summed E-state index contributed by atoms with van der Waals surface area (Å²) in [6.07, 6.45) is 8.64. The molecule has 4 heterocycles. The molecule has 2 aliphatic rings. The minimum absolute atomic E-state index is 0.280. The van der Waals surface area contributed by atoms with Crippen LogP contribution in [0.5, 0.6) is 0 Å². The third kappa shape index (κ3) is 5.58. The molecular formula is C22H33BrN8O. The van der Waals surface area contributed by atoms with Gasteiger partial charge in [-0.1, -0.05) is 6.92 Å². The van der Waals surface area contributed by atoms with Crippen molar-refractivity contribution in [1.29, 1.82) is 0 Å². The molecule has 2 aliphatic heterocycles. The van der Waals surface area contributed by atoms with Crippen LogP contribution in [0.2, 0.25) is 0 Å².